The first-order valence-electron chi connectivity index (χ1n) is 10.2. The van der Waals surface area contributed by atoms with Gasteiger partial charge in [0.05, 0.1) is 11.6 Å². The fraction of sp³-hybridized carbons (Fsp3) is 0.250. The van der Waals surface area contributed by atoms with E-state index < -0.39 is 17.6 Å². The van der Waals surface area contributed by atoms with Gasteiger partial charge < -0.3 is 10.6 Å². The van der Waals surface area contributed by atoms with Gasteiger partial charge in [0.15, 0.2) is 0 Å². The smallest absolute Gasteiger partial charge is 0.364 e. The number of alkyl halides is 3. The van der Waals surface area contributed by atoms with Crippen molar-refractivity contribution in [1.29, 1.82) is 0 Å². The van der Waals surface area contributed by atoms with Crippen LogP contribution in [0.1, 0.15) is 47.8 Å². The molecule has 2 N–H and O–H groups in total. The van der Waals surface area contributed by atoms with Crippen molar-refractivity contribution in [2.24, 2.45) is 10.9 Å². The Morgan fingerprint density at radius 2 is 2.00 bits per heavy atom. The SMILES string of the molecule is CC1\C=C(N[C@@H](C)c2cccc(NC(=O)c3cc(Br)cc(C(F)(F)F)c3)c2)/N=C(Cl)/C=C/C1. The van der Waals surface area contributed by atoms with Crippen molar-refractivity contribution < 1.29 is 18.0 Å². The zero-order chi connectivity index (χ0) is 24.2. The largest absolute Gasteiger partial charge is 0.416 e. The Balaban J connectivity index is 1.76. The van der Waals surface area contributed by atoms with Crippen LogP contribution in [0, 0.1) is 5.92 Å². The molecule has 0 bridgehead atoms. The van der Waals surface area contributed by atoms with E-state index in [1.807, 2.05) is 25.1 Å². The van der Waals surface area contributed by atoms with Gasteiger partial charge in [-0.05, 0) is 67.3 Å². The lowest BCUT2D eigenvalue weighted by Crippen LogP contribution is -2.19. The maximum absolute atomic E-state index is 13.1. The van der Waals surface area contributed by atoms with Gasteiger partial charge in [-0.1, -0.05) is 52.7 Å². The molecule has 0 saturated heterocycles. The van der Waals surface area contributed by atoms with E-state index in [0.29, 0.717) is 16.7 Å². The summed E-state index contributed by atoms with van der Waals surface area (Å²) in [4.78, 5) is 17.0. The minimum absolute atomic E-state index is 0.0982. The molecule has 1 heterocycles. The van der Waals surface area contributed by atoms with E-state index in [0.717, 1.165) is 24.1 Å². The molecule has 0 aliphatic carbocycles. The number of hydrogen-bond donors (Lipinski definition) is 2. The molecule has 1 amide bonds. The molecule has 0 saturated carbocycles. The van der Waals surface area contributed by atoms with E-state index in [2.05, 4.69) is 38.5 Å². The molecule has 33 heavy (non-hydrogen) atoms. The lowest BCUT2D eigenvalue weighted by molar-refractivity contribution is -0.137. The fourth-order valence-electron chi connectivity index (χ4n) is 3.27. The number of hydrogen-bond acceptors (Lipinski definition) is 3. The number of allylic oxidation sites excluding steroid dienone is 3. The first-order valence-corrected chi connectivity index (χ1v) is 11.4. The van der Waals surface area contributed by atoms with Crippen LogP contribution in [0.25, 0.3) is 0 Å². The number of nitrogens with zero attached hydrogens (tertiary/aromatic N) is 1. The summed E-state index contributed by atoms with van der Waals surface area (Å²) in [6, 6.07) is 10.0. The fourth-order valence-corrected chi connectivity index (χ4v) is 3.94. The van der Waals surface area contributed by atoms with Crippen LogP contribution < -0.4 is 10.6 Å². The van der Waals surface area contributed by atoms with Gasteiger partial charge in [0, 0.05) is 15.7 Å². The normalized spacial score (nSPS) is 21.5. The summed E-state index contributed by atoms with van der Waals surface area (Å²) in [6.45, 7) is 4.02. The van der Waals surface area contributed by atoms with Crippen LogP contribution in [-0.2, 0) is 6.18 Å². The van der Waals surface area contributed by atoms with Crippen LogP contribution in [0.2, 0.25) is 0 Å². The molecule has 2 atom stereocenters. The Morgan fingerprint density at radius 3 is 2.73 bits per heavy atom. The second kappa shape index (κ2) is 10.6. The van der Waals surface area contributed by atoms with Crippen molar-refractivity contribution in [3.63, 3.8) is 0 Å². The second-order valence-electron chi connectivity index (χ2n) is 7.77. The number of halogens is 5. The molecular formula is C24H22BrClF3N3O. The van der Waals surface area contributed by atoms with E-state index in [1.165, 1.54) is 6.07 Å². The van der Waals surface area contributed by atoms with Gasteiger partial charge in [-0.2, -0.15) is 13.2 Å². The first-order chi connectivity index (χ1) is 15.5. The molecule has 174 valence electrons. The second-order valence-corrected chi connectivity index (χ2v) is 9.08. The van der Waals surface area contributed by atoms with Crippen molar-refractivity contribution in [3.8, 4) is 0 Å². The van der Waals surface area contributed by atoms with Gasteiger partial charge in [-0.25, -0.2) is 4.99 Å². The van der Waals surface area contributed by atoms with Gasteiger partial charge in [0.1, 0.15) is 11.0 Å². The van der Waals surface area contributed by atoms with Crippen LogP contribution in [0.5, 0.6) is 0 Å². The van der Waals surface area contributed by atoms with E-state index >= 15 is 0 Å². The summed E-state index contributed by atoms with van der Waals surface area (Å²) in [6.07, 6.45) is 2.03. The van der Waals surface area contributed by atoms with Gasteiger partial charge in [-0.15, -0.1) is 0 Å². The quantitative estimate of drug-likeness (QED) is 0.414. The predicted octanol–water partition coefficient (Wildman–Crippen LogP) is 7.45. The number of nitrogens with one attached hydrogen (secondary N) is 2. The third kappa shape index (κ3) is 7.20. The number of anilines is 1. The minimum Gasteiger partial charge on any atom is -0.364 e. The molecule has 1 unspecified atom stereocenters. The average Bonchev–Trinajstić information content (AvgIpc) is 2.71. The summed E-state index contributed by atoms with van der Waals surface area (Å²) in [5.74, 6) is 0.286. The number of carbonyl (C=O) groups is 1. The van der Waals surface area contributed by atoms with Gasteiger partial charge in [0.2, 0.25) is 0 Å². The summed E-state index contributed by atoms with van der Waals surface area (Å²) < 4.78 is 39.4. The molecule has 3 rings (SSSR count). The summed E-state index contributed by atoms with van der Waals surface area (Å²) >= 11 is 9.16. The molecular weight excluding hydrogens is 519 g/mol. The summed E-state index contributed by atoms with van der Waals surface area (Å²) in [7, 11) is 0. The molecule has 1 aliphatic heterocycles. The standard InChI is InChI=1S/C24H22BrClF3N3O/c1-14-5-3-8-21(26)32-22(9-14)30-15(2)16-6-4-7-20(12-16)31-23(33)17-10-18(24(27,28)29)13-19(25)11-17/h3-4,6-15,30H,5H2,1-2H3,(H,31,33)/b8-3+,22-9-,32-21-/t14?,15-/m0/s1. The Morgan fingerprint density at radius 1 is 1.24 bits per heavy atom. The van der Waals surface area contributed by atoms with Crippen molar-refractivity contribution >= 4 is 44.3 Å². The third-order valence-corrected chi connectivity index (χ3v) is 5.60. The third-order valence-electron chi connectivity index (χ3n) is 4.93. The Labute approximate surface area is 203 Å². The molecule has 1 aliphatic rings. The number of aliphatic imine (C=N–C) groups is 1. The highest BCUT2D eigenvalue weighted by Gasteiger charge is 2.31. The molecule has 4 nitrogen and oxygen atoms in total. The zero-order valence-electron chi connectivity index (χ0n) is 17.9. The first kappa shape index (κ1) is 25.1. The van der Waals surface area contributed by atoms with E-state index in [9.17, 15) is 18.0 Å². The molecule has 2 aromatic carbocycles. The van der Waals surface area contributed by atoms with Crippen molar-refractivity contribution in [3.05, 3.63) is 87.7 Å². The van der Waals surface area contributed by atoms with Crippen LogP contribution in [0.4, 0.5) is 18.9 Å². The number of carbonyl (C=O) groups excluding carboxylic acids is 1. The monoisotopic (exact) mass is 539 g/mol. The highest BCUT2D eigenvalue weighted by atomic mass is 79.9. The van der Waals surface area contributed by atoms with Crippen LogP contribution in [0.3, 0.4) is 0 Å². The molecule has 0 fully saturated rings. The van der Waals surface area contributed by atoms with E-state index in [4.69, 9.17) is 11.6 Å². The predicted molar refractivity (Wildman–Crippen MR) is 129 cm³/mol. The van der Waals surface area contributed by atoms with Crippen LogP contribution >= 0.6 is 27.5 Å². The molecule has 0 radical (unpaired) electrons. The lowest BCUT2D eigenvalue weighted by atomic mass is 10.1. The molecule has 0 spiro atoms. The van der Waals surface area contributed by atoms with E-state index in [-0.39, 0.29) is 22.0 Å². The lowest BCUT2D eigenvalue weighted by Gasteiger charge is -2.19. The highest BCUT2D eigenvalue weighted by Crippen LogP contribution is 2.32. The van der Waals surface area contributed by atoms with Gasteiger partial charge >= 0.3 is 6.18 Å². The molecule has 0 aromatic heterocycles. The van der Waals surface area contributed by atoms with Gasteiger partial charge in [0.25, 0.3) is 5.91 Å². The number of amides is 1. The topological polar surface area (TPSA) is 53.5 Å². The summed E-state index contributed by atoms with van der Waals surface area (Å²) in [5, 5.41) is 6.36. The van der Waals surface area contributed by atoms with Crippen molar-refractivity contribution in [1.82, 2.24) is 5.32 Å². The molecule has 2 aromatic rings. The number of rotatable bonds is 5. The highest BCUT2D eigenvalue weighted by molar-refractivity contribution is 9.10. The average molecular weight is 541 g/mol. The van der Waals surface area contributed by atoms with Crippen LogP contribution in [-0.4, -0.2) is 11.1 Å². The van der Waals surface area contributed by atoms with E-state index in [1.54, 1.807) is 24.3 Å². The van der Waals surface area contributed by atoms with Crippen molar-refractivity contribution in [2.75, 3.05) is 5.32 Å². The van der Waals surface area contributed by atoms with Crippen LogP contribution in [0.15, 0.2) is 76.0 Å². The number of benzene rings is 2. The maximum Gasteiger partial charge on any atom is 0.416 e. The van der Waals surface area contributed by atoms with Gasteiger partial charge in [-0.3, -0.25) is 4.79 Å². The zero-order valence-corrected chi connectivity index (χ0v) is 20.2. The Hall–Kier alpha value is -2.58. The molecule has 9 heteroatoms. The summed E-state index contributed by atoms with van der Waals surface area (Å²) in [5.41, 5.74) is 0.322. The Kier molecular flexibility index (Phi) is 8.02. The van der Waals surface area contributed by atoms with Crippen molar-refractivity contribution in [2.45, 2.75) is 32.5 Å². The maximum atomic E-state index is 13.1. The Bertz CT molecular complexity index is 1130. The minimum atomic E-state index is -4.55.